The lowest BCUT2D eigenvalue weighted by molar-refractivity contribution is -0.0526. The van der Waals surface area contributed by atoms with E-state index in [0.29, 0.717) is 0 Å². The summed E-state index contributed by atoms with van der Waals surface area (Å²) in [6.07, 6.45) is 10.4. The normalized spacial score (nSPS) is 38.8. The van der Waals surface area contributed by atoms with Gasteiger partial charge in [-0.2, -0.15) is 0 Å². The van der Waals surface area contributed by atoms with Gasteiger partial charge in [-0.15, -0.1) is 11.3 Å². The first-order chi connectivity index (χ1) is 10.3. The molecule has 0 saturated heterocycles. The second-order valence-corrected chi connectivity index (χ2v) is 8.82. The number of nitrogens with one attached hydrogen (secondary N) is 1. The molecule has 4 fully saturated rings. The van der Waals surface area contributed by atoms with E-state index >= 15 is 0 Å². The molecule has 0 aromatic carbocycles. The summed E-state index contributed by atoms with van der Waals surface area (Å²) in [7, 11) is 0. The topological polar surface area (TPSA) is 12.0 Å². The molecule has 2 heteroatoms. The summed E-state index contributed by atoms with van der Waals surface area (Å²) in [6.45, 7) is 3.42. The Morgan fingerprint density at radius 2 is 1.86 bits per heavy atom. The molecular formula is C19H29NS. The lowest BCUT2D eigenvalue weighted by Gasteiger charge is -2.56. The molecule has 1 aromatic rings. The van der Waals surface area contributed by atoms with E-state index in [2.05, 4.69) is 29.8 Å². The quantitative estimate of drug-likeness (QED) is 0.801. The molecule has 0 aliphatic heterocycles. The summed E-state index contributed by atoms with van der Waals surface area (Å²) in [4.78, 5) is 1.57. The molecular weight excluding hydrogens is 274 g/mol. The van der Waals surface area contributed by atoms with Gasteiger partial charge in [-0.3, -0.25) is 0 Å². The summed E-state index contributed by atoms with van der Waals surface area (Å²) in [5.74, 6) is 5.28. The Labute approximate surface area is 133 Å². The van der Waals surface area contributed by atoms with Crippen LogP contribution in [0.25, 0.3) is 0 Å². The van der Waals surface area contributed by atoms with E-state index in [0.717, 1.165) is 42.2 Å². The molecule has 4 bridgehead atoms. The van der Waals surface area contributed by atoms with Crippen molar-refractivity contribution >= 4 is 11.3 Å². The largest absolute Gasteiger partial charge is 0.314 e. The van der Waals surface area contributed by atoms with Crippen LogP contribution in [0.15, 0.2) is 17.5 Å². The Bertz CT molecular complexity index is 424. The predicted molar refractivity (Wildman–Crippen MR) is 90.6 cm³/mol. The van der Waals surface area contributed by atoms with Crippen LogP contribution in [-0.2, 0) is 6.42 Å². The molecule has 1 heterocycles. The molecule has 0 amide bonds. The van der Waals surface area contributed by atoms with E-state index < -0.39 is 0 Å². The van der Waals surface area contributed by atoms with Gasteiger partial charge in [0.2, 0.25) is 0 Å². The third kappa shape index (κ3) is 2.82. The molecule has 1 unspecified atom stereocenters. The highest BCUT2D eigenvalue weighted by molar-refractivity contribution is 7.09. The van der Waals surface area contributed by atoms with Gasteiger partial charge in [0, 0.05) is 10.9 Å². The second-order valence-electron chi connectivity index (χ2n) is 7.79. The molecule has 1 N–H and O–H groups in total. The Kier molecular flexibility index (Phi) is 4.10. The lowest BCUT2D eigenvalue weighted by Crippen LogP contribution is -2.53. The van der Waals surface area contributed by atoms with Gasteiger partial charge in [0.1, 0.15) is 0 Å². The highest BCUT2D eigenvalue weighted by atomic mass is 32.1. The Morgan fingerprint density at radius 3 is 2.43 bits per heavy atom. The first kappa shape index (κ1) is 14.3. The Morgan fingerprint density at radius 1 is 1.14 bits per heavy atom. The van der Waals surface area contributed by atoms with Gasteiger partial charge in [-0.25, -0.2) is 0 Å². The first-order valence-electron chi connectivity index (χ1n) is 9.09. The predicted octanol–water partition coefficient (Wildman–Crippen LogP) is 4.73. The third-order valence-electron chi connectivity index (χ3n) is 6.51. The monoisotopic (exact) mass is 303 g/mol. The van der Waals surface area contributed by atoms with Crippen molar-refractivity contribution in [1.29, 1.82) is 0 Å². The maximum atomic E-state index is 3.88. The summed E-state index contributed by atoms with van der Waals surface area (Å²) >= 11 is 1.93. The van der Waals surface area contributed by atoms with Crippen LogP contribution in [0.3, 0.4) is 0 Å². The van der Waals surface area contributed by atoms with Gasteiger partial charge in [0.15, 0.2) is 0 Å². The molecule has 5 rings (SSSR count). The number of thiophene rings is 1. The van der Waals surface area contributed by atoms with Crippen molar-refractivity contribution in [1.82, 2.24) is 5.32 Å². The Balaban J connectivity index is 1.45. The van der Waals surface area contributed by atoms with Crippen molar-refractivity contribution in [2.45, 2.75) is 57.9 Å². The van der Waals surface area contributed by atoms with Crippen molar-refractivity contribution < 1.29 is 0 Å². The number of hydrogen-bond acceptors (Lipinski definition) is 2. The van der Waals surface area contributed by atoms with Gasteiger partial charge in [-0.05, 0) is 92.5 Å². The molecule has 1 nitrogen and oxygen atoms in total. The van der Waals surface area contributed by atoms with Crippen LogP contribution in [0.2, 0.25) is 0 Å². The standard InChI is InChI=1S/C19H29NS/c1-2-20-18(6-5-17-4-3-7-21-17)19-15-9-13-8-14(11-15)12-16(19)10-13/h3-4,7,13-16,18-20H,2,5-6,8-12H2,1H3. The van der Waals surface area contributed by atoms with Gasteiger partial charge in [-0.1, -0.05) is 13.0 Å². The molecule has 116 valence electrons. The molecule has 4 aliphatic rings. The van der Waals surface area contributed by atoms with Crippen molar-refractivity contribution in [3.05, 3.63) is 22.4 Å². The van der Waals surface area contributed by atoms with Gasteiger partial charge >= 0.3 is 0 Å². The summed E-state index contributed by atoms with van der Waals surface area (Å²) in [5, 5.41) is 6.10. The first-order valence-corrected chi connectivity index (χ1v) is 9.97. The number of rotatable bonds is 6. The van der Waals surface area contributed by atoms with E-state index in [9.17, 15) is 0 Å². The van der Waals surface area contributed by atoms with Crippen LogP contribution >= 0.6 is 11.3 Å². The minimum absolute atomic E-state index is 0.770. The molecule has 4 aliphatic carbocycles. The van der Waals surface area contributed by atoms with Crippen LogP contribution < -0.4 is 5.32 Å². The zero-order valence-corrected chi connectivity index (χ0v) is 14.1. The summed E-state index contributed by atoms with van der Waals surface area (Å²) in [6, 6.07) is 5.28. The average Bonchev–Trinajstić information content (AvgIpc) is 2.96. The fraction of sp³-hybridized carbons (Fsp3) is 0.789. The van der Waals surface area contributed by atoms with E-state index in [1.165, 1.54) is 12.8 Å². The fourth-order valence-corrected chi connectivity index (χ4v) is 6.79. The van der Waals surface area contributed by atoms with Crippen LogP contribution in [0.1, 0.15) is 50.3 Å². The number of hydrogen-bond donors (Lipinski definition) is 1. The summed E-state index contributed by atoms with van der Waals surface area (Å²) < 4.78 is 0. The van der Waals surface area contributed by atoms with Gasteiger partial charge in [0.05, 0.1) is 0 Å². The lowest BCUT2D eigenvalue weighted by atomic mass is 9.50. The van der Waals surface area contributed by atoms with Crippen molar-refractivity contribution in [2.24, 2.45) is 29.6 Å². The van der Waals surface area contributed by atoms with Crippen LogP contribution in [0.5, 0.6) is 0 Å². The van der Waals surface area contributed by atoms with E-state index in [1.54, 1.807) is 37.0 Å². The maximum Gasteiger partial charge on any atom is 0.0104 e. The minimum atomic E-state index is 0.770. The van der Waals surface area contributed by atoms with E-state index in [4.69, 9.17) is 0 Å². The molecule has 0 radical (unpaired) electrons. The van der Waals surface area contributed by atoms with Crippen LogP contribution in [-0.4, -0.2) is 12.6 Å². The SMILES string of the molecule is CCNC(CCc1cccs1)C1C2CC3CC(C2)CC1C3. The summed E-state index contributed by atoms with van der Waals surface area (Å²) in [5.41, 5.74) is 0. The third-order valence-corrected chi connectivity index (χ3v) is 7.45. The van der Waals surface area contributed by atoms with Crippen molar-refractivity contribution in [3.8, 4) is 0 Å². The average molecular weight is 304 g/mol. The van der Waals surface area contributed by atoms with Crippen LogP contribution in [0, 0.1) is 29.6 Å². The van der Waals surface area contributed by atoms with Crippen LogP contribution in [0.4, 0.5) is 0 Å². The minimum Gasteiger partial charge on any atom is -0.314 e. The smallest absolute Gasteiger partial charge is 0.0104 e. The van der Waals surface area contributed by atoms with Crippen molar-refractivity contribution in [3.63, 3.8) is 0 Å². The van der Waals surface area contributed by atoms with E-state index in [1.807, 2.05) is 11.3 Å². The Hall–Kier alpha value is -0.340. The maximum absolute atomic E-state index is 3.88. The highest BCUT2D eigenvalue weighted by Crippen LogP contribution is 2.57. The molecule has 21 heavy (non-hydrogen) atoms. The van der Waals surface area contributed by atoms with Gasteiger partial charge < -0.3 is 5.32 Å². The second kappa shape index (κ2) is 6.04. The zero-order valence-electron chi connectivity index (χ0n) is 13.3. The molecule has 1 aromatic heterocycles. The molecule has 0 spiro atoms. The van der Waals surface area contributed by atoms with Crippen molar-refractivity contribution in [2.75, 3.05) is 6.54 Å². The van der Waals surface area contributed by atoms with Gasteiger partial charge in [0.25, 0.3) is 0 Å². The molecule has 1 atom stereocenters. The highest BCUT2D eigenvalue weighted by Gasteiger charge is 2.50. The van der Waals surface area contributed by atoms with E-state index in [-0.39, 0.29) is 0 Å². The number of aryl methyl sites for hydroxylation is 1. The zero-order chi connectivity index (χ0) is 14.2. The fourth-order valence-electron chi connectivity index (χ4n) is 6.07. The molecule has 4 saturated carbocycles.